The van der Waals surface area contributed by atoms with Gasteiger partial charge in [-0.05, 0) is 28.1 Å². The lowest BCUT2D eigenvalue weighted by atomic mass is 10.3. The number of ether oxygens (including phenoxy) is 1. The Labute approximate surface area is 78.1 Å². The van der Waals surface area contributed by atoms with Crippen LogP contribution in [0.4, 0.5) is 4.39 Å². The smallest absolute Gasteiger partial charge is 0.137 e. The summed E-state index contributed by atoms with van der Waals surface area (Å²) < 4.78 is 18.2. The van der Waals surface area contributed by atoms with Crippen molar-refractivity contribution in [2.24, 2.45) is 0 Å². The van der Waals surface area contributed by atoms with E-state index in [9.17, 15) is 4.39 Å². The van der Waals surface area contributed by atoms with Crippen molar-refractivity contribution >= 4 is 28.6 Å². The molecule has 0 unspecified atom stereocenters. The van der Waals surface area contributed by atoms with Gasteiger partial charge in [-0.25, -0.2) is 4.39 Å². The van der Waals surface area contributed by atoms with Crippen molar-refractivity contribution in [3.63, 3.8) is 0 Å². The summed E-state index contributed by atoms with van der Waals surface area (Å²) in [7, 11) is 1.52. The van der Waals surface area contributed by atoms with Crippen LogP contribution in [0, 0.1) is 5.82 Å². The average molecular weight is 237 g/mol. The van der Waals surface area contributed by atoms with Gasteiger partial charge in [-0.1, -0.05) is 0 Å². The number of methoxy groups -OCH3 is 1. The summed E-state index contributed by atoms with van der Waals surface area (Å²) in [6, 6.07) is 2.84. The van der Waals surface area contributed by atoms with Crippen molar-refractivity contribution in [3.05, 3.63) is 22.4 Å². The fourth-order valence-corrected chi connectivity index (χ4v) is 1.33. The van der Waals surface area contributed by atoms with E-state index in [0.29, 0.717) is 10.2 Å². The molecule has 0 saturated carbocycles. The normalized spacial score (nSPS) is 9.82. The third-order valence-electron chi connectivity index (χ3n) is 1.22. The summed E-state index contributed by atoms with van der Waals surface area (Å²) in [4.78, 5) is 0.282. The Morgan fingerprint density at radius 1 is 1.55 bits per heavy atom. The van der Waals surface area contributed by atoms with Crippen LogP contribution in [0.2, 0.25) is 0 Å². The van der Waals surface area contributed by atoms with Crippen LogP contribution in [0.15, 0.2) is 21.5 Å². The second kappa shape index (κ2) is 3.45. The Hall–Kier alpha value is -0.220. The van der Waals surface area contributed by atoms with E-state index in [1.165, 1.54) is 19.2 Å². The van der Waals surface area contributed by atoms with Gasteiger partial charge in [0.1, 0.15) is 11.6 Å². The van der Waals surface area contributed by atoms with Crippen LogP contribution >= 0.6 is 28.6 Å². The lowest BCUT2D eigenvalue weighted by Gasteiger charge is -2.03. The number of benzene rings is 1. The van der Waals surface area contributed by atoms with E-state index in [4.69, 9.17) is 4.74 Å². The third-order valence-corrected chi connectivity index (χ3v) is 2.18. The molecule has 60 valence electrons. The van der Waals surface area contributed by atoms with Gasteiger partial charge in [-0.3, -0.25) is 0 Å². The molecule has 1 aromatic carbocycles. The molecule has 0 fully saturated rings. The van der Waals surface area contributed by atoms with Crippen molar-refractivity contribution < 1.29 is 9.13 Å². The lowest BCUT2D eigenvalue weighted by molar-refractivity contribution is 0.409. The first-order valence-electron chi connectivity index (χ1n) is 2.87. The van der Waals surface area contributed by atoms with Crippen LogP contribution < -0.4 is 4.74 Å². The van der Waals surface area contributed by atoms with E-state index in [2.05, 4.69) is 28.6 Å². The molecule has 4 heteroatoms. The van der Waals surface area contributed by atoms with E-state index in [1.54, 1.807) is 0 Å². The number of halogens is 2. The highest BCUT2D eigenvalue weighted by Gasteiger charge is 2.04. The van der Waals surface area contributed by atoms with Crippen molar-refractivity contribution in [2.45, 2.75) is 4.90 Å². The van der Waals surface area contributed by atoms with E-state index in [1.807, 2.05) is 0 Å². The quantitative estimate of drug-likeness (QED) is 0.739. The molecule has 0 amide bonds. The van der Waals surface area contributed by atoms with Gasteiger partial charge >= 0.3 is 0 Å². The molecule has 0 heterocycles. The summed E-state index contributed by atoms with van der Waals surface area (Å²) in [6.07, 6.45) is 0. The largest absolute Gasteiger partial charge is 0.496 e. The molecule has 1 nitrogen and oxygen atoms in total. The minimum Gasteiger partial charge on any atom is -0.496 e. The summed E-state index contributed by atoms with van der Waals surface area (Å²) >= 11 is 7.04. The van der Waals surface area contributed by atoms with E-state index in [0.717, 1.165) is 0 Å². The Balaban J connectivity index is 3.21. The first-order valence-corrected chi connectivity index (χ1v) is 4.11. The van der Waals surface area contributed by atoms with E-state index >= 15 is 0 Å². The summed E-state index contributed by atoms with van der Waals surface area (Å²) in [5.74, 6) is 0.220. The zero-order chi connectivity index (χ0) is 8.43. The molecule has 0 N–H and O–H groups in total. The Kier molecular flexibility index (Phi) is 2.78. The molecule has 0 saturated heterocycles. The van der Waals surface area contributed by atoms with Crippen LogP contribution in [0.25, 0.3) is 0 Å². The summed E-state index contributed by atoms with van der Waals surface area (Å²) in [5, 5.41) is 0. The molecule has 0 aliphatic carbocycles. The molecule has 0 spiro atoms. The lowest BCUT2D eigenvalue weighted by Crippen LogP contribution is -1.86. The molecule has 0 atom stereocenters. The molecule has 0 aliphatic heterocycles. The van der Waals surface area contributed by atoms with Gasteiger partial charge in [0.25, 0.3) is 0 Å². The van der Waals surface area contributed by atoms with Gasteiger partial charge in [-0.15, -0.1) is 12.6 Å². The number of rotatable bonds is 1. The van der Waals surface area contributed by atoms with Crippen molar-refractivity contribution in [1.29, 1.82) is 0 Å². The SMILES string of the molecule is COc1cc(S)c(F)cc1Br. The predicted octanol–water partition coefficient (Wildman–Crippen LogP) is 2.89. The Morgan fingerprint density at radius 3 is 2.73 bits per heavy atom. The monoisotopic (exact) mass is 236 g/mol. The van der Waals surface area contributed by atoms with Gasteiger partial charge in [0.15, 0.2) is 0 Å². The summed E-state index contributed by atoms with van der Waals surface area (Å²) in [5.41, 5.74) is 0. The Bertz CT molecular complexity index is 277. The van der Waals surface area contributed by atoms with Gasteiger partial charge in [0, 0.05) is 4.90 Å². The predicted molar refractivity (Wildman–Crippen MR) is 47.9 cm³/mol. The highest BCUT2D eigenvalue weighted by Crippen LogP contribution is 2.29. The van der Waals surface area contributed by atoms with Crippen LogP contribution in [-0.2, 0) is 0 Å². The standard InChI is InChI=1S/C7H6BrFOS/c1-10-6-3-7(11)5(9)2-4(6)8/h2-3,11H,1H3. The van der Waals surface area contributed by atoms with Gasteiger partial charge < -0.3 is 4.74 Å². The van der Waals surface area contributed by atoms with Gasteiger partial charge in [-0.2, -0.15) is 0 Å². The second-order valence-electron chi connectivity index (χ2n) is 1.94. The molecular weight excluding hydrogens is 231 g/mol. The van der Waals surface area contributed by atoms with Crippen LogP contribution in [0.5, 0.6) is 5.75 Å². The highest BCUT2D eigenvalue weighted by atomic mass is 79.9. The highest BCUT2D eigenvalue weighted by molar-refractivity contribution is 9.10. The maximum atomic E-state index is 12.7. The first kappa shape index (κ1) is 8.87. The van der Waals surface area contributed by atoms with E-state index < -0.39 is 0 Å². The van der Waals surface area contributed by atoms with Gasteiger partial charge in [0.2, 0.25) is 0 Å². The average Bonchev–Trinajstić information content (AvgIpc) is 1.97. The zero-order valence-corrected chi connectivity index (χ0v) is 8.25. The van der Waals surface area contributed by atoms with E-state index in [-0.39, 0.29) is 10.7 Å². The second-order valence-corrected chi connectivity index (χ2v) is 3.27. The number of hydrogen-bond donors (Lipinski definition) is 1. The van der Waals surface area contributed by atoms with Gasteiger partial charge in [0.05, 0.1) is 11.6 Å². The minimum atomic E-state index is -0.360. The molecule has 0 radical (unpaired) electrons. The molecule has 11 heavy (non-hydrogen) atoms. The fraction of sp³-hybridized carbons (Fsp3) is 0.143. The van der Waals surface area contributed by atoms with Crippen molar-refractivity contribution in [2.75, 3.05) is 7.11 Å². The fourth-order valence-electron chi connectivity index (χ4n) is 0.675. The van der Waals surface area contributed by atoms with Crippen LogP contribution in [0.3, 0.4) is 0 Å². The number of thiol groups is 1. The molecular formula is C7H6BrFOS. The zero-order valence-electron chi connectivity index (χ0n) is 5.77. The maximum absolute atomic E-state index is 12.7. The number of hydrogen-bond acceptors (Lipinski definition) is 2. The Morgan fingerprint density at radius 2 is 2.18 bits per heavy atom. The van der Waals surface area contributed by atoms with Crippen molar-refractivity contribution in [1.82, 2.24) is 0 Å². The summed E-state index contributed by atoms with van der Waals surface area (Å²) in [6.45, 7) is 0. The van der Waals surface area contributed by atoms with Crippen molar-refractivity contribution in [3.8, 4) is 5.75 Å². The van der Waals surface area contributed by atoms with Crippen LogP contribution in [-0.4, -0.2) is 7.11 Å². The molecule has 0 aromatic heterocycles. The molecule has 1 aromatic rings. The maximum Gasteiger partial charge on any atom is 0.137 e. The third kappa shape index (κ3) is 1.87. The molecule has 0 bridgehead atoms. The minimum absolute atomic E-state index is 0.282. The molecule has 1 rings (SSSR count). The first-order chi connectivity index (χ1) is 5.15. The molecule has 0 aliphatic rings. The topological polar surface area (TPSA) is 9.23 Å². The van der Waals surface area contributed by atoms with Crippen LogP contribution in [0.1, 0.15) is 0 Å².